The summed E-state index contributed by atoms with van der Waals surface area (Å²) in [6, 6.07) is 3.79. The van der Waals surface area contributed by atoms with Gasteiger partial charge in [-0.15, -0.1) is 24.0 Å². The molecule has 3 N–H and O–H groups in total. The van der Waals surface area contributed by atoms with Gasteiger partial charge in [0.15, 0.2) is 5.96 Å². The zero-order valence-electron chi connectivity index (χ0n) is 15.2. The van der Waals surface area contributed by atoms with Crippen LogP contribution in [0.2, 0.25) is 0 Å². The number of anilines is 1. The van der Waals surface area contributed by atoms with Crippen molar-refractivity contribution in [2.45, 2.75) is 43.9 Å². The van der Waals surface area contributed by atoms with Crippen LogP contribution in [0.1, 0.15) is 32.6 Å². The molecule has 3 unspecified atom stereocenters. The van der Waals surface area contributed by atoms with E-state index < -0.39 is 10.8 Å². The topological polar surface area (TPSA) is 95.5 Å². The largest absolute Gasteiger partial charge is 0.354 e. The summed E-state index contributed by atoms with van der Waals surface area (Å²) in [7, 11) is 0.924. The van der Waals surface area contributed by atoms with E-state index in [1.165, 1.54) is 0 Å². The van der Waals surface area contributed by atoms with E-state index in [2.05, 4.69) is 25.9 Å². The van der Waals surface area contributed by atoms with Gasteiger partial charge in [-0.1, -0.05) is 13.3 Å². The molecule has 0 saturated heterocycles. The van der Waals surface area contributed by atoms with Crippen LogP contribution in [0.5, 0.6) is 0 Å². The third-order valence-electron chi connectivity index (χ3n) is 4.21. The number of nitrogens with one attached hydrogen (secondary N) is 3. The Kier molecular flexibility index (Phi) is 10.7. The predicted octanol–water partition coefficient (Wildman–Crippen LogP) is 1.88. The van der Waals surface area contributed by atoms with E-state index in [-0.39, 0.29) is 47.7 Å². The van der Waals surface area contributed by atoms with Crippen molar-refractivity contribution in [2.24, 2.45) is 4.99 Å². The second-order valence-electron chi connectivity index (χ2n) is 6.01. The number of amides is 1. The van der Waals surface area contributed by atoms with Gasteiger partial charge in [0, 0.05) is 41.1 Å². The molecule has 2 rings (SSSR count). The Balaban J connectivity index is 0.00000338. The highest BCUT2D eigenvalue weighted by Gasteiger charge is 2.26. The van der Waals surface area contributed by atoms with Crippen LogP contribution in [0.15, 0.2) is 29.5 Å². The lowest BCUT2D eigenvalue weighted by Crippen LogP contribution is -2.48. The first-order chi connectivity index (χ1) is 12.1. The highest BCUT2D eigenvalue weighted by Crippen LogP contribution is 2.22. The smallest absolute Gasteiger partial charge is 0.243 e. The molecule has 1 aromatic heterocycles. The van der Waals surface area contributed by atoms with Crippen LogP contribution in [0, 0.1) is 0 Å². The first-order valence-electron chi connectivity index (χ1n) is 8.66. The summed E-state index contributed by atoms with van der Waals surface area (Å²) >= 11 is 0. The molecule has 1 amide bonds. The molecule has 3 atom stereocenters. The number of aromatic nitrogens is 1. The molecule has 1 fully saturated rings. The lowest BCUT2D eigenvalue weighted by Gasteiger charge is -2.30. The number of carbonyl (C=O) groups is 1. The fourth-order valence-electron chi connectivity index (χ4n) is 2.94. The van der Waals surface area contributed by atoms with Crippen LogP contribution in [-0.2, 0) is 15.6 Å². The number of carbonyl (C=O) groups excluding carboxylic acids is 1. The number of aliphatic imine (C=N–C) groups is 1. The van der Waals surface area contributed by atoms with Crippen molar-refractivity contribution in [3.63, 3.8) is 0 Å². The number of rotatable bonds is 6. The van der Waals surface area contributed by atoms with Crippen molar-refractivity contribution in [3.8, 4) is 0 Å². The summed E-state index contributed by atoms with van der Waals surface area (Å²) < 4.78 is 12.0. The fourth-order valence-corrected chi connectivity index (χ4v) is 4.29. The standard InChI is InChI=1S/C17H27N5O2S.HI/c1-3-25(24)15-8-4-6-13(10-15)22-17(18-2)20-12-16(23)21-14-7-5-9-19-11-14;/h5,7,9,11,13,15H,3-4,6,8,10,12H2,1-2H3,(H,21,23)(H2,18,20,22);1H. The highest BCUT2D eigenvalue weighted by atomic mass is 127. The molecule has 0 aliphatic heterocycles. The molecule has 1 heterocycles. The molecular formula is C17H28IN5O2S. The SMILES string of the molecule is CCS(=O)C1CCCC(NC(=NC)NCC(=O)Nc2cccnc2)C1.I. The minimum absolute atomic E-state index is 0. The average Bonchev–Trinajstić information content (AvgIpc) is 2.65. The van der Waals surface area contributed by atoms with E-state index in [0.29, 0.717) is 17.4 Å². The van der Waals surface area contributed by atoms with Crippen molar-refractivity contribution >= 4 is 52.3 Å². The van der Waals surface area contributed by atoms with Gasteiger partial charge in [-0.25, -0.2) is 0 Å². The molecule has 1 aromatic rings. The van der Waals surface area contributed by atoms with Crippen molar-refractivity contribution < 1.29 is 9.00 Å². The zero-order valence-corrected chi connectivity index (χ0v) is 18.4. The normalized spacial score (nSPS) is 21.2. The zero-order chi connectivity index (χ0) is 18.1. The van der Waals surface area contributed by atoms with E-state index in [9.17, 15) is 9.00 Å². The molecule has 1 saturated carbocycles. The summed E-state index contributed by atoms with van der Waals surface area (Å²) in [4.78, 5) is 20.1. The van der Waals surface area contributed by atoms with Gasteiger partial charge in [-0.05, 0) is 31.4 Å². The second-order valence-corrected chi connectivity index (χ2v) is 8.02. The predicted molar refractivity (Wildman–Crippen MR) is 118 cm³/mol. The minimum atomic E-state index is -0.755. The van der Waals surface area contributed by atoms with Crippen molar-refractivity contribution in [3.05, 3.63) is 24.5 Å². The molecule has 146 valence electrons. The molecule has 1 aliphatic rings. The van der Waals surface area contributed by atoms with Gasteiger partial charge in [0.05, 0.1) is 18.4 Å². The maximum absolute atomic E-state index is 12.0. The number of nitrogens with zero attached hydrogens (tertiary/aromatic N) is 2. The Hall–Kier alpha value is -1.23. The van der Waals surface area contributed by atoms with Gasteiger partial charge >= 0.3 is 0 Å². The Morgan fingerprint density at radius 3 is 2.88 bits per heavy atom. The fraction of sp³-hybridized carbons (Fsp3) is 0.588. The highest BCUT2D eigenvalue weighted by molar-refractivity contribution is 14.0. The van der Waals surface area contributed by atoms with Crippen molar-refractivity contribution in [1.82, 2.24) is 15.6 Å². The molecule has 0 aromatic carbocycles. The third-order valence-corrected chi connectivity index (χ3v) is 5.95. The Bertz CT molecular complexity index is 614. The van der Waals surface area contributed by atoms with Gasteiger partial charge in [0.2, 0.25) is 5.91 Å². The Morgan fingerprint density at radius 1 is 1.42 bits per heavy atom. The number of guanidine groups is 1. The van der Waals surface area contributed by atoms with Gasteiger partial charge in [0.25, 0.3) is 0 Å². The summed E-state index contributed by atoms with van der Waals surface area (Å²) in [6.45, 7) is 2.08. The molecular weight excluding hydrogens is 465 g/mol. The molecule has 9 heteroatoms. The maximum Gasteiger partial charge on any atom is 0.243 e. The number of hydrogen-bond acceptors (Lipinski definition) is 4. The summed E-state index contributed by atoms with van der Waals surface area (Å²) in [5.41, 5.74) is 0.661. The van der Waals surface area contributed by atoms with Crippen LogP contribution >= 0.6 is 24.0 Å². The van der Waals surface area contributed by atoms with Crippen LogP contribution in [-0.4, -0.2) is 51.7 Å². The molecule has 0 radical (unpaired) electrons. The van der Waals surface area contributed by atoms with Crippen molar-refractivity contribution in [1.29, 1.82) is 0 Å². The number of hydrogen-bond donors (Lipinski definition) is 3. The quantitative estimate of drug-likeness (QED) is 0.320. The summed E-state index contributed by atoms with van der Waals surface area (Å²) in [5.74, 6) is 1.14. The van der Waals surface area contributed by atoms with Crippen LogP contribution < -0.4 is 16.0 Å². The van der Waals surface area contributed by atoms with Gasteiger partial charge in [-0.2, -0.15) is 0 Å². The van der Waals surface area contributed by atoms with Crippen LogP contribution in [0.4, 0.5) is 5.69 Å². The van der Waals surface area contributed by atoms with Crippen LogP contribution in [0.25, 0.3) is 0 Å². The van der Waals surface area contributed by atoms with E-state index >= 15 is 0 Å². The van der Waals surface area contributed by atoms with Crippen LogP contribution in [0.3, 0.4) is 0 Å². The minimum Gasteiger partial charge on any atom is -0.354 e. The van der Waals surface area contributed by atoms with Crippen molar-refractivity contribution in [2.75, 3.05) is 24.7 Å². The van der Waals surface area contributed by atoms with E-state index in [4.69, 9.17) is 0 Å². The summed E-state index contributed by atoms with van der Waals surface area (Å²) in [6.07, 6.45) is 7.25. The average molecular weight is 493 g/mol. The third kappa shape index (κ3) is 7.56. The Labute approximate surface area is 174 Å². The second kappa shape index (κ2) is 12.2. The summed E-state index contributed by atoms with van der Waals surface area (Å²) in [5, 5.41) is 9.39. The molecule has 0 spiro atoms. The number of pyridine rings is 1. The van der Waals surface area contributed by atoms with E-state index in [1.807, 2.05) is 6.92 Å². The van der Waals surface area contributed by atoms with Gasteiger partial charge < -0.3 is 16.0 Å². The lowest BCUT2D eigenvalue weighted by molar-refractivity contribution is -0.115. The van der Waals surface area contributed by atoms with E-state index in [0.717, 1.165) is 25.7 Å². The monoisotopic (exact) mass is 493 g/mol. The first-order valence-corrected chi connectivity index (χ1v) is 10.0. The van der Waals surface area contributed by atoms with Gasteiger partial charge in [-0.3, -0.25) is 19.0 Å². The lowest BCUT2D eigenvalue weighted by atomic mass is 9.95. The first kappa shape index (κ1) is 22.8. The molecule has 7 nitrogen and oxygen atoms in total. The maximum atomic E-state index is 12.0. The Morgan fingerprint density at radius 2 is 2.23 bits per heavy atom. The van der Waals surface area contributed by atoms with Gasteiger partial charge in [0.1, 0.15) is 0 Å². The molecule has 1 aliphatic carbocycles. The number of halogens is 1. The molecule has 0 bridgehead atoms. The molecule has 26 heavy (non-hydrogen) atoms. The van der Waals surface area contributed by atoms with E-state index in [1.54, 1.807) is 31.6 Å².